The molecule has 1 heterocycles. The van der Waals surface area contributed by atoms with Crippen molar-refractivity contribution in [3.63, 3.8) is 0 Å². The molecule has 0 radical (unpaired) electrons. The summed E-state index contributed by atoms with van der Waals surface area (Å²) in [6.45, 7) is 2.73. The van der Waals surface area contributed by atoms with E-state index in [1.165, 1.54) is 0 Å². The molecule has 0 aliphatic carbocycles. The van der Waals surface area contributed by atoms with Crippen molar-refractivity contribution in [1.82, 2.24) is 0 Å². The number of benzene rings is 1. The number of hydrogen-bond donors (Lipinski definition) is 1. The second-order valence-electron chi connectivity index (χ2n) is 3.97. The number of nitrogens with two attached hydrogens (primary N) is 1. The van der Waals surface area contributed by atoms with Gasteiger partial charge in [0.2, 0.25) is 0 Å². The third-order valence-electron chi connectivity index (χ3n) is 2.71. The van der Waals surface area contributed by atoms with Gasteiger partial charge in [0.25, 0.3) is 5.91 Å². The second kappa shape index (κ2) is 4.63. The summed E-state index contributed by atoms with van der Waals surface area (Å²) in [6, 6.07) is 5.29. The van der Waals surface area contributed by atoms with Gasteiger partial charge in [0.15, 0.2) is 6.10 Å². The van der Waals surface area contributed by atoms with Crippen molar-refractivity contribution >= 4 is 17.3 Å². The third-order valence-corrected chi connectivity index (χ3v) is 2.71. The van der Waals surface area contributed by atoms with E-state index in [1.807, 2.05) is 0 Å². The Hall–Kier alpha value is -1.75. The number of carbonyl (C=O) groups is 1. The Morgan fingerprint density at radius 2 is 2.29 bits per heavy atom. The number of ether oxygens (including phenoxy) is 2. The zero-order valence-corrected chi connectivity index (χ0v) is 9.97. The molecule has 1 aromatic rings. The summed E-state index contributed by atoms with van der Waals surface area (Å²) in [7, 11) is 1.61. The normalized spacial score (nSPS) is 18.8. The number of nitrogens with zero attached hydrogens (tertiary/aromatic N) is 1. The molecule has 1 aliphatic heterocycles. The van der Waals surface area contributed by atoms with Gasteiger partial charge in [-0.2, -0.15) is 0 Å². The van der Waals surface area contributed by atoms with E-state index in [-0.39, 0.29) is 5.91 Å². The number of rotatable bonds is 3. The number of hydrogen-bond acceptors (Lipinski definition) is 4. The monoisotopic (exact) mass is 236 g/mol. The topological polar surface area (TPSA) is 64.8 Å². The summed E-state index contributed by atoms with van der Waals surface area (Å²) in [6.07, 6.45) is -0.485. The molecular formula is C12H16N2O3. The minimum Gasteiger partial charge on any atom is -0.479 e. The maximum atomic E-state index is 12.0. The predicted octanol–water partition coefficient (Wildman–Crippen LogP) is 1.03. The average Bonchev–Trinajstić information content (AvgIpc) is 2.30. The van der Waals surface area contributed by atoms with Gasteiger partial charge in [-0.15, -0.1) is 0 Å². The Morgan fingerprint density at radius 1 is 1.53 bits per heavy atom. The minimum absolute atomic E-state index is 0.0562. The fraction of sp³-hybridized carbons (Fsp3) is 0.417. The van der Waals surface area contributed by atoms with Gasteiger partial charge >= 0.3 is 0 Å². The molecule has 1 atom stereocenters. The van der Waals surface area contributed by atoms with Gasteiger partial charge in [0.05, 0.1) is 12.3 Å². The number of methoxy groups -OCH3 is 1. The summed E-state index contributed by atoms with van der Waals surface area (Å²) in [5.74, 6) is 0.590. The van der Waals surface area contributed by atoms with Crippen molar-refractivity contribution in [2.45, 2.75) is 13.0 Å². The Bertz CT molecular complexity index is 434. The van der Waals surface area contributed by atoms with Crippen LogP contribution in [0.15, 0.2) is 18.2 Å². The van der Waals surface area contributed by atoms with Crippen LogP contribution in [0.1, 0.15) is 6.92 Å². The molecule has 0 bridgehead atoms. The van der Waals surface area contributed by atoms with Gasteiger partial charge in [-0.05, 0) is 19.1 Å². The SMILES string of the molecule is COCCN1C(=O)C(C)Oc2cc(N)ccc21. The largest absolute Gasteiger partial charge is 0.479 e. The number of anilines is 2. The Morgan fingerprint density at radius 3 is 3.00 bits per heavy atom. The molecule has 0 fully saturated rings. The maximum Gasteiger partial charge on any atom is 0.267 e. The lowest BCUT2D eigenvalue weighted by Gasteiger charge is -2.32. The molecule has 1 aromatic carbocycles. The smallest absolute Gasteiger partial charge is 0.267 e. The summed E-state index contributed by atoms with van der Waals surface area (Å²) < 4.78 is 10.5. The first-order chi connectivity index (χ1) is 8.13. The van der Waals surface area contributed by atoms with Crippen LogP contribution in [0.5, 0.6) is 5.75 Å². The molecule has 1 unspecified atom stereocenters. The summed E-state index contributed by atoms with van der Waals surface area (Å²) in [5, 5.41) is 0. The number of amides is 1. The zero-order chi connectivity index (χ0) is 12.4. The Kier molecular flexibility index (Phi) is 3.19. The molecule has 5 heteroatoms. The quantitative estimate of drug-likeness (QED) is 0.796. The van der Waals surface area contributed by atoms with Crippen LogP contribution >= 0.6 is 0 Å². The van der Waals surface area contributed by atoms with Crippen LogP contribution in [0.4, 0.5) is 11.4 Å². The van der Waals surface area contributed by atoms with Gasteiger partial charge in [0, 0.05) is 25.4 Å². The molecule has 1 amide bonds. The Balaban J connectivity index is 2.34. The lowest BCUT2D eigenvalue weighted by Crippen LogP contribution is -2.45. The van der Waals surface area contributed by atoms with E-state index in [2.05, 4.69) is 0 Å². The molecule has 0 saturated carbocycles. The number of carbonyl (C=O) groups excluding carboxylic acids is 1. The average molecular weight is 236 g/mol. The van der Waals surface area contributed by atoms with E-state index in [1.54, 1.807) is 37.1 Å². The molecule has 17 heavy (non-hydrogen) atoms. The Labute approximate surface area is 100 Å². The second-order valence-corrected chi connectivity index (χ2v) is 3.97. The van der Waals surface area contributed by atoms with Crippen LogP contribution in [0.2, 0.25) is 0 Å². The lowest BCUT2D eigenvalue weighted by molar-refractivity contribution is -0.125. The van der Waals surface area contributed by atoms with Crippen molar-refractivity contribution < 1.29 is 14.3 Å². The van der Waals surface area contributed by atoms with Crippen LogP contribution in [0, 0.1) is 0 Å². The van der Waals surface area contributed by atoms with Crippen molar-refractivity contribution in [2.24, 2.45) is 0 Å². The van der Waals surface area contributed by atoms with E-state index in [4.69, 9.17) is 15.2 Å². The van der Waals surface area contributed by atoms with Crippen molar-refractivity contribution in [1.29, 1.82) is 0 Å². The van der Waals surface area contributed by atoms with Crippen molar-refractivity contribution in [2.75, 3.05) is 30.9 Å². The molecule has 2 N–H and O–H groups in total. The highest BCUT2D eigenvalue weighted by Crippen LogP contribution is 2.35. The van der Waals surface area contributed by atoms with Gasteiger partial charge in [-0.3, -0.25) is 4.79 Å². The van der Waals surface area contributed by atoms with E-state index in [0.29, 0.717) is 24.6 Å². The molecule has 1 aliphatic rings. The number of nitrogen functional groups attached to an aromatic ring is 1. The molecule has 0 aromatic heterocycles. The summed E-state index contributed by atoms with van der Waals surface area (Å²) >= 11 is 0. The predicted molar refractivity (Wildman–Crippen MR) is 65.2 cm³/mol. The zero-order valence-electron chi connectivity index (χ0n) is 9.97. The van der Waals surface area contributed by atoms with Gasteiger partial charge in [-0.1, -0.05) is 0 Å². The fourth-order valence-corrected chi connectivity index (χ4v) is 1.84. The highest BCUT2D eigenvalue weighted by Gasteiger charge is 2.31. The molecule has 0 saturated heterocycles. The first kappa shape index (κ1) is 11.7. The fourth-order valence-electron chi connectivity index (χ4n) is 1.84. The van der Waals surface area contributed by atoms with Crippen LogP contribution in [-0.2, 0) is 9.53 Å². The van der Waals surface area contributed by atoms with E-state index in [9.17, 15) is 4.79 Å². The third kappa shape index (κ3) is 2.19. The lowest BCUT2D eigenvalue weighted by atomic mass is 10.1. The molecule has 0 spiro atoms. The van der Waals surface area contributed by atoms with Crippen LogP contribution in [0.3, 0.4) is 0 Å². The van der Waals surface area contributed by atoms with E-state index >= 15 is 0 Å². The first-order valence-electron chi connectivity index (χ1n) is 5.50. The molecule has 2 rings (SSSR count). The van der Waals surface area contributed by atoms with Crippen molar-refractivity contribution in [3.05, 3.63) is 18.2 Å². The van der Waals surface area contributed by atoms with Gasteiger partial charge in [0.1, 0.15) is 5.75 Å². The van der Waals surface area contributed by atoms with Crippen molar-refractivity contribution in [3.8, 4) is 5.75 Å². The number of fused-ring (bicyclic) bond motifs is 1. The van der Waals surface area contributed by atoms with Crippen LogP contribution in [-0.4, -0.2) is 32.3 Å². The first-order valence-corrected chi connectivity index (χ1v) is 5.50. The van der Waals surface area contributed by atoms with Crippen LogP contribution in [0.25, 0.3) is 0 Å². The maximum absolute atomic E-state index is 12.0. The summed E-state index contributed by atoms with van der Waals surface area (Å²) in [4.78, 5) is 13.7. The molecule has 5 nitrogen and oxygen atoms in total. The van der Waals surface area contributed by atoms with E-state index < -0.39 is 6.10 Å². The minimum atomic E-state index is -0.485. The van der Waals surface area contributed by atoms with E-state index in [0.717, 1.165) is 5.69 Å². The molecular weight excluding hydrogens is 220 g/mol. The molecule has 92 valence electrons. The highest BCUT2D eigenvalue weighted by atomic mass is 16.5. The van der Waals surface area contributed by atoms with Gasteiger partial charge < -0.3 is 20.1 Å². The van der Waals surface area contributed by atoms with Gasteiger partial charge in [-0.25, -0.2) is 0 Å². The van der Waals surface area contributed by atoms with Crippen LogP contribution < -0.4 is 15.4 Å². The summed E-state index contributed by atoms with van der Waals surface area (Å²) in [5.41, 5.74) is 7.07. The standard InChI is InChI=1S/C12H16N2O3/c1-8-12(15)14(5-6-16-2)10-4-3-9(13)7-11(10)17-8/h3-4,7-8H,5-6,13H2,1-2H3. The highest BCUT2D eigenvalue weighted by molar-refractivity contribution is 6.00.